The lowest BCUT2D eigenvalue weighted by molar-refractivity contribution is 0.0951. The molecule has 3 nitrogen and oxygen atoms in total. The molecule has 2 N–H and O–H groups in total. The summed E-state index contributed by atoms with van der Waals surface area (Å²) in [6.45, 7) is 0.609. The van der Waals surface area contributed by atoms with Gasteiger partial charge in [0.05, 0.1) is 10.4 Å². The lowest BCUT2D eigenvalue weighted by Gasteiger charge is -2.21. The summed E-state index contributed by atoms with van der Waals surface area (Å²) in [5.74, 6) is 6.17. The van der Waals surface area contributed by atoms with E-state index in [0.717, 1.165) is 23.8 Å². The third kappa shape index (κ3) is 4.66. The summed E-state index contributed by atoms with van der Waals surface area (Å²) in [7, 11) is 0. The number of hydrogen-bond donors (Lipinski definition) is 2. The molecular weight excluding hydrogens is 270 g/mol. The van der Waals surface area contributed by atoms with Gasteiger partial charge in [0, 0.05) is 11.9 Å². The Morgan fingerprint density at radius 2 is 2.20 bits per heavy atom. The lowest BCUT2D eigenvalue weighted by Crippen LogP contribution is -2.26. The van der Waals surface area contributed by atoms with Crippen molar-refractivity contribution in [1.29, 1.82) is 0 Å². The van der Waals surface area contributed by atoms with Gasteiger partial charge in [0.1, 0.15) is 6.61 Å². The highest BCUT2D eigenvalue weighted by Crippen LogP contribution is 2.25. The first kappa shape index (κ1) is 15.1. The quantitative estimate of drug-likeness (QED) is 0.838. The number of aliphatic hydroxyl groups excluding tert-OH is 1. The van der Waals surface area contributed by atoms with E-state index in [1.165, 1.54) is 43.4 Å². The van der Waals surface area contributed by atoms with E-state index in [0.29, 0.717) is 5.56 Å². The normalized spacial score (nSPS) is 15.4. The highest BCUT2D eigenvalue weighted by Gasteiger charge is 2.14. The molecule has 1 heterocycles. The first-order chi connectivity index (χ1) is 9.79. The van der Waals surface area contributed by atoms with Crippen molar-refractivity contribution in [2.45, 2.75) is 38.5 Å². The second-order valence-corrected chi connectivity index (χ2v) is 6.12. The first-order valence-electron chi connectivity index (χ1n) is 7.26. The maximum atomic E-state index is 12.0. The van der Waals surface area contributed by atoms with Crippen LogP contribution in [0.1, 0.15) is 53.8 Å². The van der Waals surface area contributed by atoms with Gasteiger partial charge in [-0.15, -0.1) is 11.3 Å². The zero-order chi connectivity index (χ0) is 14.2. The molecule has 1 aromatic rings. The molecule has 108 valence electrons. The average Bonchev–Trinajstić information content (AvgIpc) is 2.95. The van der Waals surface area contributed by atoms with Crippen molar-refractivity contribution in [2.75, 3.05) is 13.2 Å². The topological polar surface area (TPSA) is 49.3 Å². The van der Waals surface area contributed by atoms with Gasteiger partial charge in [0.25, 0.3) is 5.91 Å². The molecule has 2 rings (SSSR count). The lowest BCUT2D eigenvalue weighted by atomic mass is 9.87. The van der Waals surface area contributed by atoms with E-state index in [2.05, 4.69) is 17.2 Å². The number of thiophene rings is 1. The Morgan fingerprint density at radius 3 is 2.95 bits per heavy atom. The van der Waals surface area contributed by atoms with E-state index in [4.69, 9.17) is 5.11 Å². The Balaban J connectivity index is 1.75. The summed E-state index contributed by atoms with van der Waals surface area (Å²) < 4.78 is 0. The molecule has 4 heteroatoms. The third-order valence-electron chi connectivity index (χ3n) is 3.72. The van der Waals surface area contributed by atoms with Gasteiger partial charge in [-0.25, -0.2) is 0 Å². The smallest absolute Gasteiger partial charge is 0.252 e. The minimum absolute atomic E-state index is 0.0193. The van der Waals surface area contributed by atoms with Gasteiger partial charge < -0.3 is 10.4 Å². The first-order valence-corrected chi connectivity index (χ1v) is 8.14. The molecule has 1 aromatic heterocycles. The molecule has 0 unspecified atom stereocenters. The van der Waals surface area contributed by atoms with Crippen LogP contribution in [-0.4, -0.2) is 24.2 Å². The molecule has 0 aliphatic heterocycles. The Labute approximate surface area is 124 Å². The van der Waals surface area contributed by atoms with Crippen molar-refractivity contribution in [1.82, 2.24) is 5.32 Å². The molecule has 20 heavy (non-hydrogen) atoms. The van der Waals surface area contributed by atoms with Crippen molar-refractivity contribution >= 4 is 17.2 Å². The predicted molar refractivity (Wildman–Crippen MR) is 81.8 cm³/mol. The molecule has 0 bridgehead atoms. The number of aliphatic hydroxyl groups is 1. The van der Waals surface area contributed by atoms with Crippen LogP contribution in [0.5, 0.6) is 0 Å². The van der Waals surface area contributed by atoms with Gasteiger partial charge in [-0.2, -0.15) is 0 Å². The molecule has 0 spiro atoms. The Hall–Kier alpha value is -1.31. The van der Waals surface area contributed by atoms with Crippen molar-refractivity contribution < 1.29 is 9.90 Å². The maximum Gasteiger partial charge on any atom is 0.252 e. The molecule has 0 saturated heterocycles. The fourth-order valence-electron chi connectivity index (χ4n) is 2.62. The minimum Gasteiger partial charge on any atom is -0.384 e. The van der Waals surface area contributed by atoms with Gasteiger partial charge >= 0.3 is 0 Å². The Morgan fingerprint density at radius 1 is 1.40 bits per heavy atom. The van der Waals surface area contributed by atoms with Crippen LogP contribution in [0.15, 0.2) is 11.4 Å². The van der Waals surface area contributed by atoms with Crippen LogP contribution in [0, 0.1) is 17.8 Å². The van der Waals surface area contributed by atoms with Gasteiger partial charge in [0.15, 0.2) is 0 Å². The monoisotopic (exact) mass is 291 g/mol. The molecule has 0 atom stereocenters. The van der Waals surface area contributed by atoms with Crippen LogP contribution >= 0.6 is 11.3 Å². The largest absolute Gasteiger partial charge is 0.384 e. The summed E-state index contributed by atoms with van der Waals surface area (Å²) in [4.78, 5) is 12.8. The standard InChI is InChI=1S/C16H21NO2S/c18-10-4-7-15-11-14(12-20-15)16(19)17-9-8-13-5-2-1-3-6-13/h11-13,18H,1-3,5-6,8-10H2,(H,17,19). The molecule has 1 saturated carbocycles. The summed E-state index contributed by atoms with van der Waals surface area (Å²) in [6.07, 6.45) is 7.78. The Bertz CT molecular complexity index is 492. The summed E-state index contributed by atoms with van der Waals surface area (Å²) >= 11 is 1.43. The van der Waals surface area contributed by atoms with Crippen LogP contribution in [-0.2, 0) is 0 Å². The summed E-state index contributed by atoms with van der Waals surface area (Å²) in [6, 6.07) is 1.78. The predicted octanol–water partition coefficient (Wildman–Crippen LogP) is 2.79. The average molecular weight is 291 g/mol. The molecule has 0 aromatic carbocycles. The number of carbonyl (C=O) groups is 1. The van der Waals surface area contributed by atoms with Crippen molar-refractivity contribution in [3.8, 4) is 11.8 Å². The zero-order valence-electron chi connectivity index (χ0n) is 11.7. The second kappa shape index (κ2) is 8.08. The molecule has 0 radical (unpaired) electrons. The van der Waals surface area contributed by atoms with Crippen molar-refractivity contribution in [2.24, 2.45) is 5.92 Å². The van der Waals surface area contributed by atoms with E-state index >= 15 is 0 Å². The van der Waals surface area contributed by atoms with Crippen LogP contribution in [0.3, 0.4) is 0 Å². The van der Waals surface area contributed by atoms with E-state index < -0.39 is 0 Å². The number of amides is 1. The van der Waals surface area contributed by atoms with Crippen molar-refractivity contribution in [3.05, 3.63) is 21.9 Å². The summed E-state index contributed by atoms with van der Waals surface area (Å²) in [5.41, 5.74) is 0.667. The molecular formula is C16H21NO2S. The molecule has 1 amide bonds. The van der Waals surface area contributed by atoms with Gasteiger partial charge in [-0.1, -0.05) is 43.9 Å². The molecule has 1 aliphatic carbocycles. The SMILES string of the molecule is O=C(NCCC1CCCCC1)c1csc(C#CCO)c1. The fraction of sp³-hybridized carbons (Fsp3) is 0.562. The van der Waals surface area contributed by atoms with E-state index in [1.807, 2.05) is 5.38 Å². The fourth-order valence-corrected chi connectivity index (χ4v) is 3.37. The van der Waals surface area contributed by atoms with Crippen LogP contribution in [0.2, 0.25) is 0 Å². The van der Waals surface area contributed by atoms with Crippen molar-refractivity contribution in [3.63, 3.8) is 0 Å². The van der Waals surface area contributed by atoms with Gasteiger partial charge in [0.2, 0.25) is 0 Å². The minimum atomic E-state index is -0.152. The molecule has 1 aliphatic rings. The number of nitrogens with one attached hydrogen (secondary N) is 1. The number of carbonyl (C=O) groups excluding carboxylic acids is 1. The van der Waals surface area contributed by atoms with Crippen LogP contribution in [0.25, 0.3) is 0 Å². The van der Waals surface area contributed by atoms with Crippen LogP contribution in [0.4, 0.5) is 0 Å². The van der Waals surface area contributed by atoms with Crippen LogP contribution < -0.4 is 5.32 Å². The van der Waals surface area contributed by atoms with E-state index in [-0.39, 0.29) is 12.5 Å². The number of rotatable bonds is 4. The van der Waals surface area contributed by atoms with Gasteiger partial charge in [-0.3, -0.25) is 4.79 Å². The highest BCUT2D eigenvalue weighted by molar-refractivity contribution is 7.10. The van der Waals surface area contributed by atoms with Gasteiger partial charge in [-0.05, 0) is 18.4 Å². The van der Waals surface area contributed by atoms with E-state index in [1.54, 1.807) is 6.07 Å². The Kier molecular flexibility index (Phi) is 6.10. The summed E-state index contributed by atoms with van der Waals surface area (Å²) in [5, 5.41) is 13.4. The maximum absolute atomic E-state index is 12.0. The van der Waals surface area contributed by atoms with E-state index in [9.17, 15) is 4.79 Å². The molecule has 1 fully saturated rings. The second-order valence-electron chi connectivity index (χ2n) is 5.21. The number of hydrogen-bond acceptors (Lipinski definition) is 3. The third-order valence-corrected chi connectivity index (χ3v) is 4.56. The zero-order valence-corrected chi connectivity index (χ0v) is 12.5. The highest BCUT2D eigenvalue weighted by atomic mass is 32.1.